The molecular weight excluding hydrogens is 289 g/mol. The Kier molecular flexibility index (Phi) is 3.19. The van der Waals surface area contributed by atoms with Crippen LogP contribution in [0.15, 0.2) is 0 Å². The normalized spacial score (nSPS) is 25.2. The SMILES string of the molecule is Nc1nc2c(c(N3CC[C@@H](N)C3)n1)OCC(C(F)(F)F)N2. The summed E-state index contributed by atoms with van der Waals surface area (Å²) in [5.74, 6) is 0.437. The molecule has 0 aliphatic carbocycles. The average Bonchev–Trinajstić information content (AvgIpc) is 2.82. The number of anilines is 3. The third-order valence-corrected chi connectivity index (χ3v) is 3.49. The van der Waals surface area contributed by atoms with Crippen LogP contribution in [0.4, 0.5) is 30.8 Å². The van der Waals surface area contributed by atoms with Crippen molar-refractivity contribution in [1.29, 1.82) is 0 Å². The fourth-order valence-electron chi connectivity index (χ4n) is 2.43. The summed E-state index contributed by atoms with van der Waals surface area (Å²) in [6, 6.07) is -1.82. The fourth-order valence-corrected chi connectivity index (χ4v) is 2.43. The second-order valence-electron chi connectivity index (χ2n) is 5.13. The Hall–Kier alpha value is -1.97. The monoisotopic (exact) mass is 304 g/mol. The number of hydrogen-bond acceptors (Lipinski definition) is 7. The standard InChI is InChI=1S/C11H15F3N6O/c12-11(13,14)6-4-21-7-8(17-6)18-10(16)19-9(7)20-2-1-5(15)3-20/h5-6H,1-4,15H2,(H3,16,17,18,19)/t5-,6?/m1/s1. The molecule has 10 heteroatoms. The summed E-state index contributed by atoms with van der Waals surface area (Å²) in [5, 5.41) is 2.31. The Morgan fingerprint density at radius 3 is 2.71 bits per heavy atom. The molecule has 7 nitrogen and oxygen atoms in total. The number of alkyl halides is 3. The van der Waals surface area contributed by atoms with E-state index < -0.39 is 18.8 Å². The van der Waals surface area contributed by atoms with Crippen molar-refractivity contribution in [3.8, 4) is 5.75 Å². The minimum Gasteiger partial charge on any atom is -0.484 e. The molecule has 116 valence electrons. The van der Waals surface area contributed by atoms with E-state index in [1.165, 1.54) is 0 Å². The second kappa shape index (κ2) is 4.79. The minimum absolute atomic E-state index is 0.00341. The van der Waals surface area contributed by atoms with Gasteiger partial charge in [0.1, 0.15) is 6.61 Å². The van der Waals surface area contributed by atoms with Crippen molar-refractivity contribution in [2.24, 2.45) is 5.73 Å². The summed E-state index contributed by atoms with van der Waals surface area (Å²) in [6.45, 7) is 0.668. The van der Waals surface area contributed by atoms with Gasteiger partial charge in [-0.05, 0) is 6.42 Å². The zero-order chi connectivity index (χ0) is 15.2. The van der Waals surface area contributed by atoms with Crippen molar-refractivity contribution in [2.75, 3.05) is 35.6 Å². The van der Waals surface area contributed by atoms with E-state index in [0.717, 1.165) is 6.42 Å². The molecule has 0 aromatic carbocycles. The largest absolute Gasteiger partial charge is 0.484 e. The van der Waals surface area contributed by atoms with Gasteiger partial charge in [-0.2, -0.15) is 23.1 Å². The number of halogens is 3. The Balaban J connectivity index is 1.93. The third kappa shape index (κ3) is 2.62. The van der Waals surface area contributed by atoms with Gasteiger partial charge in [-0.1, -0.05) is 0 Å². The van der Waals surface area contributed by atoms with Gasteiger partial charge in [0.2, 0.25) is 11.7 Å². The van der Waals surface area contributed by atoms with E-state index in [4.69, 9.17) is 16.2 Å². The molecule has 1 aromatic rings. The van der Waals surface area contributed by atoms with Gasteiger partial charge in [-0.3, -0.25) is 0 Å². The molecule has 2 atom stereocenters. The summed E-state index contributed by atoms with van der Waals surface area (Å²) in [5.41, 5.74) is 11.4. The van der Waals surface area contributed by atoms with Crippen LogP contribution in [-0.4, -0.2) is 47.9 Å². The van der Waals surface area contributed by atoms with E-state index in [1.54, 1.807) is 0 Å². The average molecular weight is 304 g/mol. The van der Waals surface area contributed by atoms with Crippen LogP contribution in [0.5, 0.6) is 5.75 Å². The van der Waals surface area contributed by atoms with Gasteiger partial charge < -0.3 is 26.4 Å². The number of aromatic nitrogens is 2. The number of fused-ring (bicyclic) bond motifs is 1. The van der Waals surface area contributed by atoms with E-state index in [0.29, 0.717) is 18.9 Å². The maximum atomic E-state index is 12.7. The zero-order valence-electron chi connectivity index (χ0n) is 11.0. The van der Waals surface area contributed by atoms with Gasteiger partial charge in [0.05, 0.1) is 0 Å². The lowest BCUT2D eigenvalue weighted by Gasteiger charge is -2.30. The van der Waals surface area contributed by atoms with Crippen molar-refractivity contribution in [3.63, 3.8) is 0 Å². The lowest BCUT2D eigenvalue weighted by molar-refractivity contribution is -0.149. The van der Waals surface area contributed by atoms with Gasteiger partial charge in [0, 0.05) is 19.1 Å². The van der Waals surface area contributed by atoms with E-state index in [2.05, 4.69) is 15.3 Å². The number of nitrogens with two attached hydrogens (primary N) is 2. The van der Waals surface area contributed by atoms with Crippen molar-refractivity contribution in [3.05, 3.63) is 0 Å². The summed E-state index contributed by atoms with van der Waals surface area (Å²) >= 11 is 0. The molecule has 2 aliphatic heterocycles. The number of nitrogen functional groups attached to an aromatic ring is 1. The number of rotatable bonds is 1. The lowest BCUT2D eigenvalue weighted by atomic mass is 10.2. The molecule has 3 heterocycles. The molecule has 3 rings (SSSR count). The van der Waals surface area contributed by atoms with E-state index >= 15 is 0 Å². The molecule has 2 aliphatic rings. The minimum atomic E-state index is -4.42. The van der Waals surface area contributed by atoms with E-state index in [1.807, 2.05) is 4.90 Å². The molecule has 0 amide bonds. The van der Waals surface area contributed by atoms with Crippen molar-refractivity contribution >= 4 is 17.6 Å². The van der Waals surface area contributed by atoms with Crippen molar-refractivity contribution in [1.82, 2.24) is 9.97 Å². The molecule has 0 bridgehead atoms. The molecule has 21 heavy (non-hydrogen) atoms. The molecule has 0 radical (unpaired) electrons. The number of nitrogens with one attached hydrogen (secondary N) is 1. The molecule has 1 aromatic heterocycles. The van der Waals surface area contributed by atoms with Gasteiger partial charge in [-0.25, -0.2) is 0 Å². The second-order valence-corrected chi connectivity index (χ2v) is 5.13. The first-order valence-electron chi connectivity index (χ1n) is 6.48. The highest BCUT2D eigenvalue weighted by Crippen LogP contribution is 2.39. The summed E-state index contributed by atoms with van der Waals surface area (Å²) < 4.78 is 43.5. The van der Waals surface area contributed by atoms with Crippen LogP contribution >= 0.6 is 0 Å². The Morgan fingerprint density at radius 1 is 1.33 bits per heavy atom. The van der Waals surface area contributed by atoms with Crippen LogP contribution in [-0.2, 0) is 0 Å². The van der Waals surface area contributed by atoms with Crippen LogP contribution in [0.25, 0.3) is 0 Å². The predicted molar refractivity (Wildman–Crippen MR) is 70.2 cm³/mol. The topological polar surface area (TPSA) is 102 Å². The molecule has 1 saturated heterocycles. The first kappa shape index (κ1) is 14.0. The molecule has 5 N–H and O–H groups in total. The predicted octanol–water partition coefficient (Wildman–Crippen LogP) is 0.331. The van der Waals surface area contributed by atoms with Crippen LogP contribution in [0.2, 0.25) is 0 Å². The Bertz CT molecular complexity index is 551. The summed E-state index contributed by atoms with van der Waals surface area (Å²) in [6.07, 6.45) is -3.65. The zero-order valence-corrected chi connectivity index (χ0v) is 11.0. The number of ether oxygens (including phenoxy) is 1. The number of nitrogens with zero attached hydrogens (tertiary/aromatic N) is 3. The van der Waals surface area contributed by atoms with Crippen LogP contribution in [0.3, 0.4) is 0 Å². The molecule has 1 fully saturated rings. The van der Waals surface area contributed by atoms with Crippen LogP contribution in [0, 0.1) is 0 Å². The first-order chi connectivity index (χ1) is 9.84. The van der Waals surface area contributed by atoms with Crippen molar-refractivity contribution in [2.45, 2.75) is 24.7 Å². The molecular formula is C11H15F3N6O. The summed E-state index contributed by atoms with van der Waals surface area (Å²) in [4.78, 5) is 9.73. The van der Waals surface area contributed by atoms with Gasteiger partial charge >= 0.3 is 6.18 Å². The quantitative estimate of drug-likeness (QED) is 0.687. The molecule has 0 spiro atoms. The maximum Gasteiger partial charge on any atom is 0.411 e. The maximum absolute atomic E-state index is 12.7. The first-order valence-corrected chi connectivity index (χ1v) is 6.48. The lowest BCUT2D eigenvalue weighted by Crippen LogP contribution is -2.44. The molecule has 1 unspecified atom stereocenters. The van der Waals surface area contributed by atoms with Crippen LogP contribution < -0.4 is 26.4 Å². The van der Waals surface area contributed by atoms with Crippen LogP contribution in [0.1, 0.15) is 6.42 Å². The van der Waals surface area contributed by atoms with Gasteiger partial charge in [0.15, 0.2) is 17.7 Å². The smallest absolute Gasteiger partial charge is 0.411 e. The highest BCUT2D eigenvalue weighted by atomic mass is 19.4. The Labute approximate surface area is 118 Å². The van der Waals surface area contributed by atoms with Crippen molar-refractivity contribution < 1.29 is 17.9 Å². The van der Waals surface area contributed by atoms with E-state index in [9.17, 15) is 13.2 Å². The Morgan fingerprint density at radius 2 is 2.10 bits per heavy atom. The highest BCUT2D eigenvalue weighted by Gasteiger charge is 2.44. The number of hydrogen-bond donors (Lipinski definition) is 3. The van der Waals surface area contributed by atoms with Gasteiger partial charge in [-0.15, -0.1) is 0 Å². The van der Waals surface area contributed by atoms with E-state index in [-0.39, 0.29) is 23.6 Å². The molecule has 0 saturated carbocycles. The van der Waals surface area contributed by atoms with Gasteiger partial charge in [0.25, 0.3) is 0 Å². The fraction of sp³-hybridized carbons (Fsp3) is 0.636. The third-order valence-electron chi connectivity index (χ3n) is 3.49. The summed E-state index contributed by atoms with van der Waals surface area (Å²) in [7, 11) is 0. The highest BCUT2D eigenvalue weighted by molar-refractivity contribution is 5.69.